The van der Waals surface area contributed by atoms with Gasteiger partial charge in [0.2, 0.25) is 5.91 Å². The molecule has 0 atom stereocenters. The molecule has 0 spiro atoms. The number of tetrazole rings is 1. The predicted molar refractivity (Wildman–Crippen MR) is 136 cm³/mol. The fourth-order valence-corrected chi connectivity index (χ4v) is 4.34. The average Bonchev–Trinajstić information content (AvgIpc) is 3.49. The van der Waals surface area contributed by atoms with Crippen LogP contribution in [-0.2, 0) is 13.0 Å². The van der Waals surface area contributed by atoms with Gasteiger partial charge in [0.15, 0.2) is 0 Å². The Morgan fingerprint density at radius 1 is 1.06 bits per heavy atom. The minimum Gasteiger partial charge on any atom is -0.366 e. The van der Waals surface area contributed by atoms with Crippen LogP contribution in [0.5, 0.6) is 0 Å². The summed E-state index contributed by atoms with van der Waals surface area (Å²) in [5.41, 5.74) is 13.1. The molecule has 170 valence electrons. The Morgan fingerprint density at radius 2 is 1.83 bits per heavy atom. The number of benzene rings is 3. The van der Waals surface area contributed by atoms with E-state index in [1.807, 2.05) is 37.3 Å². The van der Waals surface area contributed by atoms with Crippen LogP contribution in [0.2, 0.25) is 0 Å². The Labute approximate surface area is 219 Å². The van der Waals surface area contributed by atoms with Crippen LogP contribution in [0.1, 0.15) is 40.7 Å². The summed E-state index contributed by atoms with van der Waals surface area (Å²) in [5.74, 6) is 0.579. The van der Waals surface area contributed by atoms with Gasteiger partial charge in [-0.15, -0.1) is 5.10 Å². The van der Waals surface area contributed by atoms with E-state index in [-0.39, 0.29) is 23.1 Å². The summed E-state index contributed by atoms with van der Waals surface area (Å²) in [4.78, 5) is 16.8. The number of aromatic nitrogens is 6. The number of primary amides is 1. The van der Waals surface area contributed by atoms with Gasteiger partial charge in [-0.25, -0.2) is 4.98 Å². The van der Waals surface area contributed by atoms with Crippen molar-refractivity contribution in [2.24, 2.45) is 5.73 Å². The van der Waals surface area contributed by atoms with Crippen LogP contribution < -0.4 is 5.73 Å². The van der Waals surface area contributed by atoms with Crippen LogP contribution in [0.3, 0.4) is 0 Å². The van der Waals surface area contributed by atoms with Crippen molar-refractivity contribution in [2.45, 2.75) is 33.2 Å². The summed E-state index contributed by atoms with van der Waals surface area (Å²) >= 11 is 0. The number of carbonyl (C=O) groups is 1. The molecular weight excluding hydrogens is 451 g/mol. The molecule has 0 saturated heterocycles. The van der Waals surface area contributed by atoms with Crippen molar-refractivity contribution in [3.05, 3.63) is 89.5 Å². The maximum Gasteiger partial charge on any atom is 2.00 e. The summed E-state index contributed by atoms with van der Waals surface area (Å²) in [6.07, 6.45) is 3.43. The standard InChI is InChI=1S/C26H25N7O.Mg/c1-3-6-24-29-25-17(2)13-20(26(27)34)14-23(25)32(24)15-18-9-11-19(12-10-18)21-7-4-5-8-22(21)33-16-28-30-31-33;/h4-5,7-14,16H,3,6,15H2,1-2H3,(H2,27,34);/q;+2. The van der Waals surface area contributed by atoms with Gasteiger partial charge in [0.05, 0.1) is 16.7 Å². The maximum atomic E-state index is 11.9. The molecule has 2 aromatic heterocycles. The Hall–Kier alpha value is -3.56. The van der Waals surface area contributed by atoms with E-state index in [0.29, 0.717) is 12.1 Å². The summed E-state index contributed by atoms with van der Waals surface area (Å²) in [6.45, 7) is 4.77. The molecule has 35 heavy (non-hydrogen) atoms. The van der Waals surface area contributed by atoms with Gasteiger partial charge in [0, 0.05) is 24.1 Å². The number of hydrogen-bond donors (Lipinski definition) is 1. The predicted octanol–water partition coefficient (Wildman–Crippen LogP) is 3.71. The average molecular weight is 476 g/mol. The minimum atomic E-state index is -0.430. The minimum absolute atomic E-state index is 0. The molecule has 9 heteroatoms. The fourth-order valence-electron chi connectivity index (χ4n) is 4.34. The number of nitrogens with zero attached hydrogens (tertiary/aromatic N) is 6. The molecule has 2 heterocycles. The molecule has 1 amide bonds. The van der Waals surface area contributed by atoms with Crippen molar-refractivity contribution in [3.8, 4) is 16.8 Å². The molecule has 3 aromatic carbocycles. The third-order valence-corrected chi connectivity index (χ3v) is 5.99. The van der Waals surface area contributed by atoms with Crippen LogP contribution >= 0.6 is 0 Å². The molecule has 2 N–H and O–H groups in total. The van der Waals surface area contributed by atoms with Gasteiger partial charge >= 0.3 is 23.1 Å². The van der Waals surface area contributed by atoms with E-state index in [2.05, 4.69) is 57.3 Å². The second-order valence-electron chi connectivity index (χ2n) is 8.36. The molecule has 0 aliphatic rings. The van der Waals surface area contributed by atoms with Crippen LogP contribution in [0, 0.1) is 6.92 Å². The Kier molecular flexibility index (Phi) is 7.27. The molecule has 0 radical (unpaired) electrons. The molecule has 8 nitrogen and oxygen atoms in total. The fraction of sp³-hybridized carbons (Fsp3) is 0.192. The second-order valence-corrected chi connectivity index (χ2v) is 8.36. The molecule has 0 bridgehead atoms. The number of hydrogen-bond acceptors (Lipinski definition) is 5. The molecule has 0 unspecified atom stereocenters. The van der Waals surface area contributed by atoms with E-state index in [1.54, 1.807) is 11.0 Å². The van der Waals surface area contributed by atoms with Gasteiger partial charge in [-0.2, -0.15) is 4.68 Å². The number of para-hydroxylation sites is 1. The van der Waals surface area contributed by atoms with E-state index < -0.39 is 5.91 Å². The number of carbonyl (C=O) groups excluding carboxylic acids is 1. The number of nitrogens with two attached hydrogens (primary N) is 1. The van der Waals surface area contributed by atoms with Crippen LogP contribution in [-0.4, -0.2) is 58.7 Å². The zero-order valence-electron chi connectivity index (χ0n) is 19.8. The number of imidazole rings is 1. The van der Waals surface area contributed by atoms with E-state index in [1.165, 1.54) is 0 Å². The van der Waals surface area contributed by atoms with Gasteiger partial charge in [-0.05, 0) is 58.7 Å². The first-order chi connectivity index (χ1) is 16.5. The van der Waals surface area contributed by atoms with Crippen molar-refractivity contribution in [2.75, 3.05) is 0 Å². The molecular formula is C26H25MgN7O+2. The van der Waals surface area contributed by atoms with Gasteiger partial charge < -0.3 is 10.3 Å². The van der Waals surface area contributed by atoms with Crippen LogP contribution in [0.25, 0.3) is 27.8 Å². The Balaban J connectivity index is 0.00000289. The second kappa shape index (κ2) is 10.4. The Bertz CT molecular complexity index is 1470. The third-order valence-electron chi connectivity index (χ3n) is 5.99. The molecule has 5 rings (SSSR count). The largest absolute Gasteiger partial charge is 2.00 e. The Morgan fingerprint density at radius 3 is 2.51 bits per heavy atom. The normalized spacial score (nSPS) is 10.9. The van der Waals surface area contributed by atoms with E-state index >= 15 is 0 Å². The van der Waals surface area contributed by atoms with Crippen molar-refractivity contribution in [1.29, 1.82) is 0 Å². The van der Waals surface area contributed by atoms with E-state index in [0.717, 1.165) is 57.6 Å². The van der Waals surface area contributed by atoms with Crippen molar-refractivity contribution in [3.63, 3.8) is 0 Å². The van der Waals surface area contributed by atoms with Gasteiger partial charge in [-0.3, -0.25) is 4.79 Å². The quantitative estimate of drug-likeness (QED) is 0.361. The number of rotatable bonds is 7. The van der Waals surface area contributed by atoms with Crippen LogP contribution in [0.4, 0.5) is 0 Å². The maximum absolute atomic E-state index is 11.9. The smallest absolute Gasteiger partial charge is 0.366 e. The molecule has 0 aliphatic carbocycles. The van der Waals surface area contributed by atoms with Crippen molar-refractivity contribution in [1.82, 2.24) is 29.8 Å². The summed E-state index contributed by atoms with van der Waals surface area (Å²) in [7, 11) is 0. The van der Waals surface area contributed by atoms with Crippen molar-refractivity contribution < 1.29 is 4.79 Å². The van der Waals surface area contributed by atoms with Gasteiger partial charge in [-0.1, -0.05) is 49.4 Å². The molecule has 0 aliphatic heterocycles. The topological polar surface area (TPSA) is 105 Å². The monoisotopic (exact) mass is 475 g/mol. The van der Waals surface area contributed by atoms with Crippen molar-refractivity contribution >= 4 is 40.0 Å². The summed E-state index contributed by atoms with van der Waals surface area (Å²) in [6, 6.07) is 20.2. The van der Waals surface area contributed by atoms with E-state index in [9.17, 15) is 4.79 Å². The zero-order valence-corrected chi connectivity index (χ0v) is 21.3. The first-order valence-corrected chi connectivity index (χ1v) is 11.3. The van der Waals surface area contributed by atoms with E-state index in [4.69, 9.17) is 10.7 Å². The number of aryl methyl sites for hydroxylation is 2. The molecule has 0 fully saturated rings. The zero-order chi connectivity index (χ0) is 23.7. The molecule has 5 aromatic rings. The number of fused-ring (bicyclic) bond motifs is 1. The van der Waals surface area contributed by atoms with Crippen LogP contribution in [0.15, 0.2) is 67.0 Å². The SMILES string of the molecule is CCCc1nc2c(C)cc(C(N)=O)cc2n1Cc1ccc(-c2ccccc2-n2cnnn2)cc1.[Mg+2]. The first kappa shape index (κ1) is 24.6. The third kappa shape index (κ3) is 4.82. The summed E-state index contributed by atoms with van der Waals surface area (Å²) in [5, 5.41) is 11.5. The van der Waals surface area contributed by atoms with Gasteiger partial charge in [0.25, 0.3) is 0 Å². The first-order valence-electron chi connectivity index (χ1n) is 11.3. The number of amides is 1. The summed E-state index contributed by atoms with van der Waals surface area (Å²) < 4.78 is 3.86. The molecule has 0 saturated carbocycles. The van der Waals surface area contributed by atoms with Gasteiger partial charge in [0.1, 0.15) is 12.2 Å².